The second-order valence-corrected chi connectivity index (χ2v) is 3.61. The van der Waals surface area contributed by atoms with E-state index in [2.05, 4.69) is 9.97 Å². The molecule has 3 rings (SSSR count). The Morgan fingerprint density at radius 1 is 0.933 bits per heavy atom. The highest BCUT2D eigenvalue weighted by Gasteiger charge is 2.29. The van der Waals surface area contributed by atoms with Crippen molar-refractivity contribution in [2.75, 3.05) is 0 Å². The molecule has 0 unspecified atom stereocenters. The van der Waals surface area contributed by atoms with Gasteiger partial charge in [0.2, 0.25) is 0 Å². The number of hydrogen-bond acceptors (Lipinski definition) is 4. The first-order valence-electron chi connectivity index (χ1n) is 4.58. The van der Waals surface area contributed by atoms with Gasteiger partial charge in [-0.05, 0) is 24.6 Å². The van der Waals surface area contributed by atoms with Crippen LogP contribution in [0.4, 0.5) is 0 Å². The fraction of sp³-hybridized carbons (Fsp3) is 0.0909. The molecule has 2 aromatic rings. The third-order valence-corrected chi connectivity index (χ3v) is 2.49. The Bertz CT molecular complexity index is 617. The second kappa shape index (κ2) is 2.48. The van der Waals surface area contributed by atoms with Crippen LogP contribution in [-0.2, 0) is 0 Å². The molecular formula is C11H8N2O2. The van der Waals surface area contributed by atoms with Crippen molar-refractivity contribution in [3.05, 3.63) is 35.2 Å². The van der Waals surface area contributed by atoms with Crippen molar-refractivity contribution >= 4 is 22.6 Å². The average Bonchev–Trinajstić information content (AvgIpc) is 2.26. The summed E-state index contributed by atoms with van der Waals surface area (Å²) >= 11 is 0. The van der Waals surface area contributed by atoms with Gasteiger partial charge in [0.05, 0.1) is 11.0 Å². The monoisotopic (exact) mass is 200 g/mol. The molecule has 4 nitrogen and oxygen atoms in total. The summed E-state index contributed by atoms with van der Waals surface area (Å²) < 4.78 is 0. The third kappa shape index (κ3) is 0.958. The minimum absolute atomic E-state index is 0.166. The Morgan fingerprint density at radius 2 is 1.53 bits per heavy atom. The normalized spacial score (nSPS) is 13.9. The SMILES string of the molecule is Cc1ccc2nc3c(nc2c1)C(O)=C3O. The zero-order chi connectivity index (χ0) is 10.6. The molecule has 1 heterocycles. The summed E-state index contributed by atoms with van der Waals surface area (Å²) in [5.41, 5.74) is 3.30. The highest BCUT2D eigenvalue weighted by molar-refractivity contribution is 5.96. The van der Waals surface area contributed by atoms with E-state index in [1.54, 1.807) is 0 Å². The highest BCUT2D eigenvalue weighted by Crippen LogP contribution is 2.34. The molecule has 0 aliphatic heterocycles. The third-order valence-electron chi connectivity index (χ3n) is 2.49. The highest BCUT2D eigenvalue weighted by atomic mass is 16.3. The van der Waals surface area contributed by atoms with Crippen molar-refractivity contribution in [2.24, 2.45) is 0 Å². The van der Waals surface area contributed by atoms with E-state index in [0.717, 1.165) is 16.6 Å². The predicted molar refractivity (Wildman–Crippen MR) is 56.3 cm³/mol. The van der Waals surface area contributed by atoms with Crippen LogP contribution in [0.15, 0.2) is 18.2 Å². The molecule has 2 N–H and O–H groups in total. The first-order chi connectivity index (χ1) is 7.16. The van der Waals surface area contributed by atoms with Gasteiger partial charge in [0.25, 0.3) is 0 Å². The first kappa shape index (κ1) is 8.23. The molecule has 74 valence electrons. The van der Waals surface area contributed by atoms with Gasteiger partial charge in [0, 0.05) is 0 Å². The van der Waals surface area contributed by atoms with Crippen molar-refractivity contribution in [1.29, 1.82) is 0 Å². The van der Waals surface area contributed by atoms with E-state index in [-0.39, 0.29) is 11.5 Å². The Labute approximate surface area is 85.5 Å². The van der Waals surface area contributed by atoms with E-state index in [1.807, 2.05) is 25.1 Å². The van der Waals surface area contributed by atoms with Gasteiger partial charge in [-0.2, -0.15) is 0 Å². The number of aryl methyl sites for hydroxylation is 1. The van der Waals surface area contributed by atoms with Crippen molar-refractivity contribution in [2.45, 2.75) is 6.92 Å². The molecule has 0 spiro atoms. The maximum absolute atomic E-state index is 9.32. The van der Waals surface area contributed by atoms with Gasteiger partial charge in [-0.1, -0.05) is 6.07 Å². The Hall–Kier alpha value is -2.10. The Kier molecular flexibility index (Phi) is 1.36. The van der Waals surface area contributed by atoms with Crippen LogP contribution >= 0.6 is 0 Å². The lowest BCUT2D eigenvalue weighted by molar-refractivity contribution is 0.440. The molecule has 1 aliphatic rings. The fourth-order valence-corrected chi connectivity index (χ4v) is 1.66. The standard InChI is InChI=1S/C11H8N2O2/c1-5-2-3-6-7(4-5)13-9-8(12-6)10(14)11(9)15/h2-4,14-15H,1H3. The number of fused-ring (bicyclic) bond motifs is 2. The van der Waals surface area contributed by atoms with Crippen molar-refractivity contribution < 1.29 is 10.2 Å². The van der Waals surface area contributed by atoms with E-state index >= 15 is 0 Å². The lowest BCUT2D eigenvalue weighted by atomic mass is 10.0. The van der Waals surface area contributed by atoms with Crippen LogP contribution in [0.2, 0.25) is 0 Å². The topological polar surface area (TPSA) is 66.2 Å². The maximum Gasteiger partial charge on any atom is 0.188 e. The summed E-state index contributed by atoms with van der Waals surface area (Å²) in [5, 5.41) is 18.6. The summed E-state index contributed by atoms with van der Waals surface area (Å²) in [6.45, 7) is 1.97. The lowest BCUT2D eigenvalue weighted by Crippen LogP contribution is -2.11. The molecule has 1 aromatic carbocycles. The number of aromatic nitrogens is 2. The van der Waals surface area contributed by atoms with Gasteiger partial charge in [-0.25, -0.2) is 9.97 Å². The number of hydrogen-bond donors (Lipinski definition) is 2. The van der Waals surface area contributed by atoms with Gasteiger partial charge in [0.1, 0.15) is 11.4 Å². The smallest absolute Gasteiger partial charge is 0.188 e. The van der Waals surface area contributed by atoms with E-state index in [9.17, 15) is 10.2 Å². The molecule has 15 heavy (non-hydrogen) atoms. The van der Waals surface area contributed by atoms with Gasteiger partial charge in [-0.15, -0.1) is 0 Å². The molecule has 0 radical (unpaired) electrons. The summed E-state index contributed by atoms with van der Waals surface area (Å²) in [6.07, 6.45) is 0. The zero-order valence-electron chi connectivity index (χ0n) is 8.02. The van der Waals surface area contributed by atoms with Gasteiger partial charge in [0.15, 0.2) is 11.5 Å². The summed E-state index contributed by atoms with van der Waals surface area (Å²) in [6, 6.07) is 5.68. The van der Waals surface area contributed by atoms with Crippen molar-refractivity contribution in [3.63, 3.8) is 0 Å². The van der Waals surface area contributed by atoms with Crippen LogP contribution < -0.4 is 0 Å². The number of rotatable bonds is 0. The summed E-state index contributed by atoms with van der Waals surface area (Å²) in [7, 11) is 0. The second-order valence-electron chi connectivity index (χ2n) is 3.61. The van der Waals surface area contributed by atoms with E-state index < -0.39 is 0 Å². The minimum Gasteiger partial charge on any atom is -0.503 e. The molecule has 0 saturated heterocycles. The molecule has 4 heteroatoms. The van der Waals surface area contributed by atoms with E-state index in [4.69, 9.17) is 0 Å². The molecule has 1 aliphatic carbocycles. The molecule has 0 bridgehead atoms. The van der Waals surface area contributed by atoms with Crippen LogP contribution in [0.25, 0.3) is 22.6 Å². The molecule has 0 fully saturated rings. The van der Waals surface area contributed by atoms with Crippen molar-refractivity contribution in [3.8, 4) is 0 Å². The Balaban J connectivity index is 2.34. The lowest BCUT2D eigenvalue weighted by Gasteiger charge is -2.16. The van der Waals surface area contributed by atoms with Crippen molar-refractivity contribution in [1.82, 2.24) is 9.97 Å². The first-order valence-corrected chi connectivity index (χ1v) is 4.58. The van der Waals surface area contributed by atoms with Gasteiger partial charge < -0.3 is 10.2 Å². The van der Waals surface area contributed by atoms with Crippen LogP contribution in [0.1, 0.15) is 17.0 Å². The zero-order valence-corrected chi connectivity index (χ0v) is 8.02. The number of benzene rings is 1. The van der Waals surface area contributed by atoms with Crippen LogP contribution in [0.3, 0.4) is 0 Å². The number of nitrogens with zero attached hydrogens (tertiary/aromatic N) is 2. The molecular weight excluding hydrogens is 192 g/mol. The molecule has 0 amide bonds. The number of aliphatic hydroxyl groups is 2. The largest absolute Gasteiger partial charge is 0.503 e. The minimum atomic E-state index is -0.167. The Morgan fingerprint density at radius 3 is 2.20 bits per heavy atom. The van der Waals surface area contributed by atoms with Crippen LogP contribution in [0.5, 0.6) is 0 Å². The fourth-order valence-electron chi connectivity index (χ4n) is 1.66. The average molecular weight is 200 g/mol. The molecule has 0 atom stereocenters. The predicted octanol–water partition coefficient (Wildman–Crippen LogP) is 2.19. The van der Waals surface area contributed by atoms with Crippen LogP contribution in [-0.4, -0.2) is 20.2 Å². The quantitative estimate of drug-likeness (QED) is 0.684. The van der Waals surface area contributed by atoms with Gasteiger partial charge in [-0.3, -0.25) is 0 Å². The molecule has 0 saturated carbocycles. The van der Waals surface area contributed by atoms with Gasteiger partial charge >= 0.3 is 0 Å². The van der Waals surface area contributed by atoms with Crippen LogP contribution in [0, 0.1) is 6.92 Å². The van der Waals surface area contributed by atoms with E-state index in [0.29, 0.717) is 11.4 Å². The maximum atomic E-state index is 9.32. The molecule has 1 aromatic heterocycles. The van der Waals surface area contributed by atoms with E-state index in [1.165, 1.54) is 0 Å². The number of aliphatic hydroxyl groups excluding tert-OH is 2. The summed E-state index contributed by atoms with van der Waals surface area (Å²) in [4.78, 5) is 8.43. The summed E-state index contributed by atoms with van der Waals surface area (Å²) in [5.74, 6) is -0.333.